The second kappa shape index (κ2) is 5.31. The van der Waals surface area contributed by atoms with E-state index >= 15 is 0 Å². The Morgan fingerprint density at radius 1 is 0.952 bits per heavy atom. The van der Waals surface area contributed by atoms with Gasteiger partial charge in [-0.15, -0.1) is 0 Å². The van der Waals surface area contributed by atoms with Gasteiger partial charge in [-0.25, -0.2) is 0 Å². The maximum absolute atomic E-state index is 11.4. The normalized spacial score (nSPS) is 12.5. The van der Waals surface area contributed by atoms with Gasteiger partial charge in [-0.1, -0.05) is 40.2 Å². The van der Waals surface area contributed by atoms with E-state index < -0.39 is 17.2 Å². The lowest BCUT2D eigenvalue weighted by atomic mass is 10.0. The molecule has 0 radical (unpaired) electrons. The average molecular weight is 347 g/mol. The molecule has 5 nitrogen and oxygen atoms in total. The van der Waals surface area contributed by atoms with Gasteiger partial charge in [0.2, 0.25) is 0 Å². The smallest absolute Gasteiger partial charge is 0.314 e. The molecule has 0 aliphatic rings. The summed E-state index contributed by atoms with van der Waals surface area (Å²) >= 11 is 3.40. The van der Waals surface area contributed by atoms with Gasteiger partial charge >= 0.3 is 11.1 Å². The Labute approximate surface area is 127 Å². The molecule has 3 N–H and O–H groups in total. The number of benzene rings is 2. The molecule has 0 saturated heterocycles. The van der Waals surface area contributed by atoms with Crippen LogP contribution in [0.3, 0.4) is 0 Å². The van der Waals surface area contributed by atoms with Gasteiger partial charge in [0.25, 0.3) is 0 Å². The van der Waals surface area contributed by atoms with Crippen LogP contribution in [0.2, 0.25) is 0 Å². The number of aromatic amines is 2. The summed E-state index contributed by atoms with van der Waals surface area (Å²) in [6, 6.07) is 12.4. The minimum absolute atomic E-state index is 0.475. The van der Waals surface area contributed by atoms with Gasteiger partial charge in [-0.05, 0) is 29.3 Å². The van der Waals surface area contributed by atoms with Gasteiger partial charge in [0, 0.05) is 4.47 Å². The van der Waals surface area contributed by atoms with Gasteiger partial charge in [-0.3, -0.25) is 9.59 Å². The fourth-order valence-electron chi connectivity index (χ4n) is 2.18. The lowest BCUT2D eigenvalue weighted by Crippen LogP contribution is -2.28. The Morgan fingerprint density at radius 3 is 2.33 bits per heavy atom. The number of H-pyrrole nitrogens is 2. The van der Waals surface area contributed by atoms with E-state index in [4.69, 9.17) is 0 Å². The Morgan fingerprint density at radius 2 is 1.62 bits per heavy atom. The Kier molecular flexibility index (Phi) is 3.48. The number of fused-ring (bicyclic) bond motifs is 1. The van der Waals surface area contributed by atoms with Crippen LogP contribution >= 0.6 is 15.9 Å². The number of hydrogen-bond acceptors (Lipinski definition) is 3. The van der Waals surface area contributed by atoms with Gasteiger partial charge in [0.1, 0.15) is 6.10 Å². The van der Waals surface area contributed by atoms with Gasteiger partial charge in [0.05, 0.1) is 11.0 Å². The summed E-state index contributed by atoms with van der Waals surface area (Å²) in [5.74, 6) is 0. The van der Waals surface area contributed by atoms with E-state index in [1.54, 1.807) is 18.2 Å². The van der Waals surface area contributed by atoms with Crippen LogP contribution in [0.4, 0.5) is 0 Å². The molecule has 2 aromatic carbocycles. The molecule has 0 spiro atoms. The van der Waals surface area contributed by atoms with Crippen molar-refractivity contribution in [2.45, 2.75) is 6.10 Å². The number of rotatable bonds is 2. The molecule has 0 amide bonds. The largest absolute Gasteiger partial charge is 0.384 e. The maximum Gasteiger partial charge on any atom is 0.314 e. The van der Waals surface area contributed by atoms with Crippen LogP contribution in [0.1, 0.15) is 17.2 Å². The van der Waals surface area contributed by atoms with Crippen LogP contribution in [0, 0.1) is 0 Å². The standard InChI is InChI=1S/C15H11BrN2O3/c16-10-4-2-1-3-9(10)13(19)8-5-6-11-12(7-8)18-15(21)14(20)17-11/h1-7,13,19H,(H,17,20)(H,18,21). The van der Waals surface area contributed by atoms with E-state index in [0.717, 1.165) is 10.0 Å². The lowest BCUT2D eigenvalue weighted by Gasteiger charge is -2.13. The summed E-state index contributed by atoms with van der Waals surface area (Å²) < 4.78 is 0.799. The third kappa shape index (κ3) is 2.55. The van der Waals surface area contributed by atoms with Crippen LogP contribution in [-0.4, -0.2) is 15.1 Å². The highest BCUT2D eigenvalue weighted by Gasteiger charge is 2.14. The van der Waals surface area contributed by atoms with E-state index in [2.05, 4.69) is 25.9 Å². The highest BCUT2D eigenvalue weighted by atomic mass is 79.9. The highest BCUT2D eigenvalue weighted by Crippen LogP contribution is 2.29. The van der Waals surface area contributed by atoms with Crippen LogP contribution in [0.5, 0.6) is 0 Å². The van der Waals surface area contributed by atoms with Crippen molar-refractivity contribution in [3.05, 3.63) is 78.8 Å². The minimum Gasteiger partial charge on any atom is -0.384 e. The summed E-state index contributed by atoms with van der Waals surface area (Å²) in [6.45, 7) is 0. The maximum atomic E-state index is 11.4. The molecule has 0 bridgehead atoms. The summed E-state index contributed by atoms with van der Waals surface area (Å²) in [5, 5.41) is 10.5. The number of halogens is 1. The van der Waals surface area contributed by atoms with E-state index in [0.29, 0.717) is 16.6 Å². The Hall–Kier alpha value is -2.18. The van der Waals surface area contributed by atoms with Crippen molar-refractivity contribution in [3.63, 3.8) is 0 Å². The molecular weight excluding hydrogens is 336 g/mol. The first-order chi connectivity index (χ1) is 10.1. The van der Waals surface area contributed by atoms with Crippen molar-refractivity contribution in [2.24, 2.45) is 0 Å². The first-order valence-corrected chi connectivity index (χ1v) is 7.04. The zero-order valence-electron chi connectivity index (χ0n) is 10.8. The molecule has 106 valence electrons. The van der Waals surface area contributed by atoms with Crippen molar-refractivity contribution >= 4 is 27.0 Å². The van der Waals surface area contributed by atoms with Crippen LogP contribution in [0.25, 0.3) is 11.0 Å². The number of hydrogen-bond donors (Lipinski definition) is 3. The molecule has 1 atom stereocenters. The second-order valence-corrected chi connectivity index (χ2v) is 5.49. The molecule has 0 aliphatic carbocycles. The fourth-order valence-corrected chi connectivity index (χ4v) is 2.68. The third-order valence-corrected chi connectivity index (χ3v) is 3.98. The molecule has 0 saturated carbocycles. The van der Waals surface area contributed by atoms with Gasteiger partial charge in [-0.2, -0.15) is 0 Å². The fraction of sp³-hybridized carbons (Fsp3) is 0.0667. The summed E-state index contributed by atoms with van der Waals surface area (Å²) in [5.41, 5.74) is 0.934. The average Bonchev–Trinajstić information content (AvgIpc) is 2.48. The van der Waals surface area contributed by atoms with E-state index in [9.17, 15) is 14.7 Å². The van der Waals surface area contributed by atoms with Crippen LogP contribution in [0.15, 0.2) is 56.5 Å². The predicted octanol–water partition coefficient (Wildman–Crippen LogP) is 2.06. The van der Waals surface area contributed by atoms with Gasteiger partial charge in [0.15, 0.2) is 0 Å². The molecule has 3 rings (SSSR count). The number of aromatic nitrogens is 2. The molecule has 1 unspecified atom stereocenters. The van der Waals surface area contributed by atoms with E-state index in [1.165, 1.54) is 0 Å². The summed E-state index contributed by atoms with van der Waals surface area (Å²) in [6.07, 6.45) is -0.833. The lowest BCUT2D eigenvalue weighted by molar-refractivity contribution is 0.219. The quantitative estimate of drug-likeness (QED) is 0.621. The molecule has 21 heavy (non-hydrogen) atoms. The van der Waals surface area contributed by atoms with Crippen molar-refractivity contribution in [2.75, 3.05) is 0 Å². The number of aliphatic hydroxyl groups excluding tert-OH is 1. The molecular formula is C15H11BrN2O3. The zero-order chi connectivity index (χ0) is 15.0. The summed E-state index contributed by atoms with van der Waals surface area (Å²) in [7, 11) is 0. The van der Waals surface area contributed by atoms with Crippen LogP contribution < -0.4 is 11.1 Å². The van der Waals surface area contributed by atoms with Crippen LogP contribution in [-0.2, 0) is 0 Å². The highest BCUT2D eigenvalue weighted by molar-refractivity contribution is 9.10. The van der Waals surface area contributed by atoms with Crippen molar-refractivity contribution < 1.29 is 5.11 Å². The Balaban J connectivity index is 2.13. The van der Waals surface area contributed by atoms with E-state index in [1.807, 2.05) is 24.3 Å². The zero-order valence-corrected chi connectivity index (χ0v) is 12.3. The van der Waals surface area contributed by atoms with Crippen molar-refractivity contribution in [1.82, 2.24) is 9.97 Å². The summed E-state index contributed by atoms with van der Waals surface area (Å²) in [4.78, 5) is 27.6. The number of aliphatic hydroxyl groups is 1. The Bertz CT molecular complexity index is 930. The first-order valence-electron chi connectivity index (χ1n) is 6.25. The van der Waals surface area contributed by atoms with Crippen molar-refractivity contribution in [1.29, 1.82) is 0 Å². The first kappa shape index (κ1) is 13.8. The van der Waals surface area contributed by atoms with Gasteiger partial charge < -0.3 is 15.1 Å². The molecule has 3 aromatic rings. The number of nitrogens with one attached hydrogen (secondary N) is 2. The predicted molar refractivity (Wildman–Crippen MR) is 83.4 cm³/mol. The molecule has 6 heteroatoms. The minimum atomic E-state index is -0.833. The molecule has 1 aromatic heterocycles. The molecule has 0 aliphatic heterocycles. The monoisotopic (exact) mass is 346 g/mol. The third-order valence-electron chi connectivity index (χ3n) is 3.26. The molecule has 0 fully saturated rings. The molecule has 1 heterocycles. The SMILES string of the molecule is O=c1[nH]c2ccc(C(O)c3ccccc3Br)cc2[nH]c1=O. The van der Waals surface area contributed by atoms with E-state index in [-0.39, 0.29) is 0 Å². The second-order valence-electron chi connectivity index (χ2n) is 4.64. The topological polar surface area (TPSA) is 85.9 Å². The van der Waals surface area contributed by atoms with Crippen molar-refractivity contribution in [3.8, 4) is 0 Å².